The van der Waals surface area contributed by atoms with Crippen LogP contribution in [-0.4, -0.2) is 37.1 Å². The zero-order valence-electron chi connectivity index (χ0n) is 9.56. The molecular formula is C11H24N2. The van der Waals surface area contributed by atoms with Crippen molar-refractivity contribution >= 4 is 0 Å². The molecule has 1 saturated heterocycles. The van der Waals surface area contributed by atoms with Gasteiger partial charge in [0.05, 0.1) is 0 Å². The zero-order chi connectivity index (χ0) is 9.90. The summed E-state index contributed by atoms with van der Waals surface area (Å²) in [6.45, 7) is 14.1. The molecule has 2 heteroatoms. The van der Waals surface area contributed by atoms with Crippen LogP contribution in [0.15, 0.2) is 0 Å². The third-order valence-corrected chi connectivity index (χ3v) is 2.63. The van der Waals surface area contributed by atoms with E-state index in [0.717, 1.165) is 6.54 Å². The number of nitrogens with one attached hydrogen (secondary N) is 1. The third-order valence-electron chi connectivity index (χ3n) is 2.63. The van der Waals surface area contributed by atoms with E-state index >= 15 is 0 Å². The van der Waals surface area contributed by atoms with Crippen LogP contribution in [0, 0.1) is 5.41 Å². The molecule has 1 aliphatic heterocycles. The van der Waals surface area contributed by atoms with Gasteiger partial charge in [-0.3, -0.25) is 0 Å². The number of hydrogen-bond acceptors (Lipinski definition) is 2. The lowest BCUT2D eigenvalue weighted by Gasteiger charge is -2.33. The van der Waals surface area contributed by atoms with Gasteiger partial charge in [-0.1, -0.05) is 20.8 Å². The maximum atomic E-state index is 3.47. The van der Waals surface area contributed by atoms with Crippen LogP contribution in [0.25, 0.3) is 0 Å². The second kappa shape index (κ2) is 4.43. The molecule has 1 heterocycles. The lowest BCUT2D eigenvalue weighted by Crippen LogP contribution is -2.49. The molecule has 78 valence electrons. The fourth-order valence-electron chi connectivity index (χ4n) is 1.71. The summed E-state index contributed by atoms with van der Waals surface area (Å²) in [7, 11) is 0. The Labute approximate surface area is 82.7 Å². The Morgan fingerprint density at radius 2 is 2.08 bits per heavy atom. The highest BCUT2D eigenvalue weighted by molar-refractivity contribution is 4.76. The van der Waals surface area contributed by atoms with Crippen LogP contribution in [0.3, 0.4) is 0 Å². The summed E-state index contributed by atoms with van der Waals surface area (Å²) in [4.78, 5) is 2.58. The van der Waals surface area contributed by atoms with E-state index in [0.29, 0.717) is 11.5 Å². The van der Waals surface area contributed by atoms with Crippen LogP contribution in [-0.2, 0) is 0 Å². The Kier molecular flexibility index (Phi) is 3.74. The van der Waals surface area contributed by atoms with Gasteiger partial charge in [-0.05, 0) is 25.3 Å². The van der Waals surface area contributed by atoms with Crippen LogP contribution >= 0.6 is 0 Å². The summed E-state index contributed by atoms with van der Waals surface area (Å²) >= 11 is 0. The van der Waals surface area contributed by atoms with E-state index in [1.807, 2.05) is 0 Å². The molecular weight excluding hydrogens is 160 g/mol. The van der Waals surface area contributed by atoms with Crippen LogP contribution in [0.1, 0.15) is 34.1 Å². The van der Waals surface area contributed by atoms with E-state index in [9.17, 15) is 0 Å². The zero-order valence-corrected chi connectivity index (χ0v) is 9.56. The van der Waals surface area contributed by atoms with Crippen molar-refractivity contribution in [3.05, 3.63) is 0 Å². The van der Waals surface area contributed by atoms with E-state index in [2.05, 4.69) is 37.9 Å². The van der Waals surface area contributed by atoms with Gasteiger partial charge in [0, 0.05) is 25.7 Å². The molecule has 1 rings (SSSR count). The first-order valence-corrected chi connectivity index (χ1v) is 5.43. The Balaban J connectivity index is 2.21. The lowest BCUT2D eigenvalue weighted by molar-refractivity contribution is 0.181. The minimum atomic E-state index is 0.480. The number of rotatable bonds is 2. The molecule has 0 aromatic carbocycles. The molecule has 0 radical (unpaired) electrons. The van der Waals surface area contributed by atoms with Gasteiger partial charge in [0.15, 0.2) is 0 Å². The summed E-state index contributed by atoms with van der Waals surface area (Å²) < 4.78 is 0. The van der Waals surface area contributed by atoms with E-state index < -0.39 is 0 Å². The summed E-state index contributed by atoms with van der Waals surface area (Å²) in [5.74, 6) is 0. The van der Waals surface area contributed by atoms with Crippen LogP contribution in [0.4, 0.5) is 0 Å². The molecule has 1 fully saturated rings. The Morgan fingerprint density at radius 1 is 1.38 bits per heavy atom. The molecule has 1 aliphatic rings. The van der Waals surface area contributed by atoms with Crippen molar-refractivity contribution in [2.45, 2.75) is 40.2 Å². The molecule has 0 spiro atoms. The van der Waals surface area contributed by atoms with E-state index in [1.165, 1.54) is 26.1 Å². The van der Waals surface area contributed by atoms with Crippen LogP contribution in [0.2, 0.25) is 0 Å². The van der Waals surface area contributed by atoms with Gasteiger partial charge in [0.1, 0.15) is 0 Å². The van der Waals surface area contributed by atoms with Crippen molar-refractivity contribution < 1.29 is 0 Å². The molecule has 0 bridgehead atoms. The SMILES string of the molecule is C[C@@H]1CN(CCC(C)(C)C)CCN1. The predicted molar refractivity (Wildman–Crippen MR) is 58.0 cm³/mol. The second-order valence-corrected chi connectivity index (χ2v) is 5.47. The van der Waals surface area contributed by atoms with Crippen molar-refractivity contribution in [2.24, 2.45) is 5.41 Å². The fraction of sp³-hybridized carbons (Fsp3) is 1.00. The Morgan fingerprint density at radius 3 is 2.62 bits per heavy atom. The summed E-state index contributed by atoms with van der Waals surface area (Å²) in [6, 6.07) is 0.675. The third kappa shape index (κ3) is 4.63. The molecule has 0 amide bonds. The monoisotopic (exact) mass is 184 g/mol. The van der Waals surface area contributed by atoms with E-state index in [4.69, 9.17) is 0 Å². The highest BCUT2D eigenvalue weighted by Crippen LogP contribution is 2.19. The summed E-state index contributed by atoms with van der Waals surface area (Å²) in [6.07, 6.45) is 1.31. The van der Waals surface area contributed by atoms with Gasteiger partial charge in [0.2, 0.25) is 0 Å². The second-order valence-electron chi connectivity index (χ2n) is 5.47. The molecule has 13 heavy (non-hydrogen) atoms. The average Bonchev–Trinajstić information content (AvgIpc) is 2.00. The average molecular weight is 184 g/mol. The first kappa shape index (κ1) is 11.0. The smallest absolute Gasteiger partial charge is 0.0167 e. The predicted octanol–water partition coefficient (Wildman–Crippen LogP) is 1.72. The molecule has 0 saturated carbocycles. The fourth-order valence-corrected chi connectivity index (χ4v) is 1.71. The Bertz CT molecular complexity index is 149. The maximum Gasteiger partial charge on any atom is 0.0167 e. The first-order chi connectivity index (χ1) is 5.97. The maximum absolute atomic E-state index is 3.47. The van der Waals surface area contributed by atoms with Gasteiger partial charge in [-0.25, -0.2) is 0 Å². The molecule has 0 aromatic rings. The number of hydrogen-bond donors (Lipinski definition) is 1. The van der Waals surface area contributed by atoms with Crippen LogP contribution < -0.4 is 5.32 Å². The normalized spacial score (nSPS) is 26.3. The van der Waals surface area contributed by atoms with Gasteiger partial charge >= 0.3 is 0 Å². The quantitative estimate of drug-likeness (QED) is 0.703. The molecule has 0 aliphatic carbocycles. The number of nitrogens with zero attached hydrogens (tertiary/aromatic N) is 1. The van der Waals surface area contributed by atoms with Crippen molar-refractivity contribution in [3.8, 4) is 0 Å². The minimum absolute atomic E-state index is 0.480. The number of piperazine rings is 1. The van der Waals surface area contributed by atoms with Gasteiger partial charge in [0.25, 0.3) is 0 Å². The lowest BCUT2D eigenvalue weighted by atomic mass is 9.92. The van der Waals surface area contributed by atoms with Crippen LogP contribution in [0.5, 0.6) is 0 Å². The van der Waals surface area contributed by atoms with Crippen molar-refractivity contribution in [3.63, 3.8) is 0 Å². The summed E-state index contributed by atoms with van der Waals surface area (Å²) in [5.41, 5.74) is 0.480. The topological polar surface area (TPSA) is 15.3 Å². The largest absolute Gasteiger partial charge is 0.312 e. The highest BCUT2D eigenvalue weighted by atomic mass is 15.2. The van der Waals surface area contributed by atoms with Gasteiger partial charge in [-0.15, -0.1) is 0 Å². The first-order valence-electron chi connectivity index (χ1n) is 5.43. The Hall–Kier alpha value is -0.0800. The van der Waals surface area contributed by atoms with Crippen molar-refractivity contribution in [2.75, 3.05) is 26.2 Å². The molecule has 1 N–H and O–H groups in total. The van der Waals surface area contributed by atoms with E-state index in [1.54, 1.807) is 0 Å². The molecule has 0 unspecified atom stereocenters. The molecule has 0 aromatic heterocycles. The van der Waals surface area contributed by atoms with E-state index in [-0.39, 0.29) is 0 Å². The van der Waals surface area contributed by atoms with Crippen molar-refractivity contribution in [1.82, 2.24) is 10.2 Å². The standard InChI is InChI=1S/C11H24N2/c1-10-9-13(8-6-12-10)7-5-11(2,3)4/h10,12H,5-9H2,1-4H3/t10-/m1/s1. The van der Waals surface area contributed by atoms with Gasteiger partial charge < -0.3 is 10.2 Å². The highest BCUT2D eigenvalue weighted by Gasteiger charge is 2.17. The molecule has 2 nitrogen and oxygen atoms in total. The minimum Gasteiger partial charge on any atom is -0.312 e. The van der Waals surface area contributed by atoms with Crippen molar-refractivity contribution in [1.29, 1.82) is 0 Å². The summed E-state index contributed by atoms with van der Waals surface area (Å²) in [5, 5.41) is 3.47. The van der Waals surface area contributed by atoms with Gasteiger partial charge in [-0.2, -0.15) is 0 Å². The molecule has 1 atom stereocenters.